The van der Waals surface area contributed by atoms with Crippen LogP contribution < -0.4 is 5.32 Å². The number of carbonyl (C=O) groups is 2. The molecule has 1 aromatic rings. The van der Waals surface area contributed by atoms with Gasteiger partial charge in [-0.1, -0.05) is 19.8 Å². The predicted octanol–water partition coefficient (Wildman–Crippen LogP) is 3.35. The molecule has 2 atom stereocenters. The van der Waals surface area contributed by atoms with Crippen molar-refractivity contribution in [3.63, 3.8) is 0 Å². The fourth-order valence-corrected chi connectivity index (χ4v) is 3.22. The first-order valence-corrected chi connectivity index (χ1v) is 7.64. The summed E-state index contributed by atoms with van der Waals surface area (Å²) in [7, 11) is 0. The van der Waals surface area contributed by atoms with Crippen molar-refractivity contribution in [2.24, 2.45) is 5.92 Å². The highest BCUT2D eigenvalue weighted by Gasteiger charge is 2.43. The molecule has 0 heterocycles. The summed E-state index contributed by atoms with van der Waals surface area (Å²) in [4.78, 5) is 23.9. The van der Waals surface area contributed by atoms with Gasteiger partial charge < -0.3 is 10.4 Å². The molecular weight excluding hydrogens is 341 g/mol. The average molecular weight is 358 g/mol. The summed E-state index contributed by atoms with van der Waals surface area (Å²) in [6, 6.07) is 3.87. The van der Waals surface area contributed by atoms with E-state index in [1.165, 1.54) is 18.2 Å². The van der Waals surface area contributed by atoms with E-state index in [1.54, 1.807) is 0 Å². The molecule has 2 rings (SSSR count). The molecule has 0 aromatic heterocycles. The van der Waals surface area contributed by atoms with E-state index in [1.807, 2.05) is 6.92 Å². The molecule has 0 radical (unpaired) electrons. The Hall–Kier alpha value is -1.43. The molecule has 114 valence electrons. The van der Waals surface area contributed by atoms with Gasteiger partial charge in [-0.05, 0) is 52.9 Å². The van der Waals surface area contributed by atoms with Gasteiger partial charge in [0, 0.05) is 5.56 Å². The van der Waals surface area contributed by atoms with Crippen molar-refractivity contribution in [3.8, 4) is 0 Å². The third-order valence-corrected chi connectivity index (χ3v) is 4.55. The molecule has 0 saturated heterocycles. The minimum absolute atomic E-state index is 0.177. The van der Waals surface area contributed by atoms with Crippen LogP contribution in [0.4, 0.5) is 4.39 Å². The van der Waals surface area contributed by atoms with E-state index in [2.05, 4.69) is 21.2 Å². The quantitative estimate of drug-likeness (QED) is 0.871. The Balaban J connectivity index is 2.22. The highest BCUT2D eigenvalue weighted by atomic mass is 79.9. The largest absolute Gasteiger partial charge is 0.480 e. The van der Waals surface area contributed by atoms with Crippen molar-refractivity contribution in [2.75, 3.05) is 0 Å². The van der Waals surface area contributed by atoms with Crippen molar-refractivity contribution in [2.45, 2.75) is 38.1 Å². The molecule has 1 fully saturated rings. The van der Waals surface area contributed by atoms with Crippen molar-refractivity contribution in [1.29, 1.82) is 0 Å². The highest BCUT2D eigenvalue weighted by Crippen LogP contribution is 2.33. The number of carboxylic acids is 1. The zero-order valence-electron chi connectivity index (χ0n) is 11.7. The van der Waals surface area contributed by atoms with Crippen LogP contribution in [0.15, 0.2) is 22.7 Å². The van der Waals surface area contributed by atoms with Gasteiger partial charge in [0.25, 0.3) is 5.91 Å². The normalized spacial score (nSPS) is 25.4. The Bertz CT molecular complexity index is 578. The first kappa shape index (κ1) is 15.9. The van der Waals surface area contributed by atoms with E-state index in [0.29, 0.717) is 12.8 Å². The van der Waals surface area contributed by atoms with Crippen LogP contribution >= 0.6 is 15.9 Å². The summed E-state index contributed by atoms with van der Waals surface area (Å²) in [6.45, 7) is 1.98. The van der Waals surface area contributed by atoms with Crippen molar-refractivity contribution in [3.05, 3.63) is 34.1 Å². The lowest BCUT2D eigenvalue weighted by Gasteiger charge is -2.37. The van der Waals surface area contributed by atoms with Gasteiger partial charge in [-0.2, -0.15) is 0 Å². The van der Waals surface area contributed by atoms with Gasteiger partial charge in [0.05, 0.1) is 4.47 Å². The van der Waals surface area contributed by atoms with Crippen LogP contribution in [0.2, 0.25) is 0 Å². The number of halogens is 2. The smallest absolute Gasteiger partial charge is 0.329 e. The minimum Gasteiger partial charge on any atom is -0.480 e. The molecule has 2 N–H and O–H groups in total. The molecule has 1 amide bonds. The second-order valence-electron chi connectivity index (χ2n) is 5.67. The highest BCUT2D eigenvalue weighted by molar-refractivity contribution is 9.10. The van der Waals surface area contributed by atoms with Crippen molar-refractivity contribution < 1.29 is 19.1 Å². The van der Waals surface area contributed by atoms with Gasteiger partial charge in [-0.25, -0.2) is 9.18 Å². The average Bonchev–Trinajstić information content (AvgIpc) is 2.41. The molecule has 0 aliphatic heterocycles. The maximum absolute atomic E-state index is 13.2. The van der Waals surface area contributed by atoms with Gasteiger partial charge in [0.2, 0.25) is 0 Å². The Labute approximate surface area is 130 Å². The predicted molar refractivity (Wildman–Crippen MR) is 79.6 cm³/mol. The molecular formula is C15H17BrFNO3. The molecule has 4 nitrogen and oxygen atoms in total. The van der Waals surface area contributed by atoms with Gasteiger partial charge in [-0.15, -0.1) is 0 Å². The summed E-state index contributed by atoms with van der Waals surface area (Å²) in [6.07, 6.45) is 2.56. The first-order valence-electron chi connectivity index (χ1n) is 6.85. The first-order chi connectivity index (χ1) is 9.84. The van der Waals surface area contributed by atoms with Crippen LogP contribution in [0.1, 0.15) is 43.0 Å². The molecule has 1 aliphatic carbocycles. The SMILES string of the molecule is CC1CCCC(NC(=O)c2ccc(F)c(Br)c2)(C(=O)O)C1. The van der Waals surface area contributed by atoms with Crippen LogP contribution in [0, 0.1) is 11.7 Å². The van der Waals surface area contributed by atoms with E-state index >= 15 is 0 Å². The zero-order chi connectivity index (χ0) is 15.6. The fraction of sp³-hybridized carbons (Fsp3) is 0.467. The van der Waals surface area contributed by atoms with Crippen LogP contribution in [0.3, 0.4) is 0 Å². The van der Waals surface area contributed by atoms with E-state index in [9.17, 15) is 19.1 Å². The molecule has 0 bridgehead atoms. The van der Waals surface area contributed by atoms with Crippen molar-refractivity contribution >= 4 is 27.8 Å². The Morgan fingerprint density at radius 3 is 2.76 bits per heavy atom. The van der Waals surface area contributed by atoms with E-state index in [4.69, 9.17) is 0 Å². The molecule has 1 saturated carbocycles. The molecule has 2 unspecified atom stereocenters. The van der Waals surface area contributed by atoms with Crippen LogP contribution in [0.25, 0.3) is 0 Å². The van der Waals surface area contributed by atoms with Gasteiger partial charge >= 0.3 is 5.97 Å². The molecule has 0 spiro atoms. The minimum atomic E-state index is -1.23. The fourth-order valence-electron chi connectivity index (χ4n) is 2.84. The van der Waals surface area contributed by atoms with E-state index < -0.39 is 23.2 Å². The summed E-state index contributed by atoms with van der Waals surface area (Å²) in [5, 5.41) is 12.2. The monoisotopic (exact) mass is 357 g/mol. The number of carboxylic acid groups (broad SMARTS) is 1. The van der Waals surface area contributed by atoms with Crippen molar-refractivity contribution in [1.82, 2.24) is 5.32 Å². The molecule has 6 heteroatoms. The second kappa shape index (κ2) is 6.13. The number of rotatable bonds is 3. The maximum Gasteiger partial charge on any atom is 0.329 e. The maximum atomic E-state index is 13.2. The van der Waals surface area contributed by atoms with Gasteiger partial charge in [-0.3, -0.25) is 4.79 Å². The lowest BCUT2D eigenvalue weighted by Crippen LogP contribution is -2.56. The molecule has 21 heavy (non-hydrogen) atoms. The van der Waals surface area contributed by atoms with Gasteiger partial charge in [0.15, 0.2) is 0 Å². The number of hydrogen-bond donors (Lipinski definition) is 2. The number of carbonyl (C=O) groups excluding carboxylic acids is 1. The standard InChI is InChI=1S/C15H17BrFNO3/c1-9-3-2-6-15(8-9,14(20)21)18-13(19)10-4-5-12(17)11(16)7-10/h4-5,7,9H,2-3,6,8H2,1H3,(H,18,19)(H,20,21). The number of aliphatic carboxylic acids is 1. The van der Waals surface area contributed by atoms with E-state index in [-0.39, 0.29) is 16.0 Å². The second-order valence-corrected chi connectivity index (χ2v) is 6.53. The van der Waals surface area contributed by atoms with E-state index in [0.717, 1.165) is 12.8 Å². The number of hydrogen-bond acceptors (Lipinski definition) is 2. The number of nitrogens with one attached hydrogen (secondary N) is 1. The Morgan fingerprint density at radius 1 is 1.48 bits per heavy atom. The third kappa shape index (κ3) is 3.43. The van der Waals surface area contributed by atoms with Gasteiger partial charge in [0.1, 0.15) is 11.4 Å². The lowest BCUT2D eigenvalue weighted by atomic mass is 9.76. The zero-order valence-corrected chi connectivity index (χ0v) is 13.2. The van der Waals surface area contributed by atoms with Crippen LogP contribution in [0.5, 0.6) is 0 Å². The number of amides is 1. The van der Waals surface area contributed by atoms with Crippen LogP contribution in [-0.4, -0.2) is 22.5 Å². The lowest BCUT2D eigenvalue weighted by molar-refractivity contribution is -0.146. The third-order valence-electron chi connectivity index (χ3n) is 3.94. The Morgan fingerprint density at radius 2 is 2.19 bits per heavy atom. The summed E-state index contributed by atoms with van der Waals surface area (Å²) < 4.78 is 13.4. The molecule has 1 aromatic carbocycles. The summed E-state index contributed by atoms with van der Waals surface area (Å²) >= 11 is 3.02. The summed E-state index contributed by atoms with van der Waals surface area (Å²) in [5.74, 6) is -1.73. The number of benzene rings is 1. The van der Waals surface area contributed by atoms with Crippen LogP contribution in [-0.2, 0) is 4.79 Å². The topological polar surface area (TPSA) is 66.4 Å². The molecule has 1 aliphatic rings. The summed E-state index contributed by atoms with van der Waals surface area (Å²) in [5.41, 5.74) is -0.988. The Kier molecular flexibility index (Phi) is 4.66.